The van der Waals surface area contributed by atoms with E-state index in [1.165, 1.54) is 13.0 Å². The van der Waals surface area contributed by atoms with Crippen LogP contribution in [0, 0.1) is 13.0 Å². The minimum Gasteiger partial charge on any atom is -0.539 e. The molecule has 0 fully saturated rings. The second-order valence-corrected chi connectivity index (χ2v) is 4.45. The molecular weight excluding hydrogens is 351 g/mol. The van der Waals surface area contributed by atoms with E-state index in [4.69, 9.17) is 14.6 Å². The van der Waals surface area contributed by atoms with Gasteiger partial charge in [0.1, 0.15) is 0 Å². The zero-order valence-electron chi connectivity index (χ0n) is 15.4. The molecular formula is C18H25KO4S-2. The summed E-state index contributed by atoms with van der Waals surface area (Å²) in [6, 6.07) is 3.74. The number of hydrogen-bond acceptors (Lipinski definition) is 5. The van der Waals surface area contributed by atoms with Crippen molar-refractivity contribution >= 4 is 23.4 Å². The summed E-state index contributed by atoms with van der Waals surface area (Å²) in [5, 5.41) is 9.79. The van der Waals surface area contributed by atoms with Gasteiger partial charge in [0.25, 0.3) is 0 Å². The van der Waals surface area contributed by atoms with Crippen molar-refractivity contribution in [3.8, 4) is 11.5 Å². The van der Waals surface area contributed by atoms with Crippen molar-refractivity contribution in [2.75, 3.05) is 20.8 Å². The van der Waals surface area contributed by atoms with Crippen LogP contribution in [0.25, 0.3) is 0 Å². The molecule has 0 aliphatic heterocycles. The fourth-order valence-electron chi connectivity index (χ4n) is 1.53. The number of ketones is 1. The van der Waals surface area contributed by atoms with E-state index in [1.54, 1.807) is 21.1 Å². The number of rotatable bonds is 5. The third kappa shape index (κ3) is 13.2. The number of methoxy groups -OCH3 is 2. The van der Waals surface area contributed by atoms with Gasteiger partial charge in [0.15, 0.2) is 0 Å². The summed E-state index contributed by atoms with van der Waals surface area (Å²) >= 11 is 4.14. The summed E-state index contributed by atoms with van der Waals surface area (Å²) < 4.78 is 10.6. The number of aliphatic hydroxyl groups is 1. The molecule has 0 bridgehead atoms. The maximum atomic E-state index is 10.9. The Hall–Kier alpha value is -0.0836. The third-order valence-corrected chi connectivity index (χ3v) is 2.41. The van der Waals surface area contributed by atoms with Gasteiger partial charge < -0.3 is 43.9 Å². The predicted molar refractivity (Wildman–Crippen MR) is 97.2 cm³/mol. The summed E-state index contributed by atoms with van der Waals surface area (Å²) in [6.07, 6.45) is 5.16. The van der Waals surface area contributed by atoms with Gasteiger partial charge in [0.05, 0.1) is 25.8 Å². The fourth-order valence-corrected chi connectivity index (χ4v) is 1.53. The zero-order valence-corrected chi connectivity index (χ0v) is 19.4. The minimum atomic E-state index is -0.0504. The molecule has 0 heterocycles. The molecule has 1 aromatic carbocycles. The molecule has 0 saturated heterocycles. The average Bonchev–Trinajstić information content (AvgIpc) is 2.53. The van der Waals surface area contributed by atoms with Crippen LogP contribution >= 0.6 is 12.2 Å². The first-order chi connectivity index (χ1) is 10.9. The van der Waals surface area contributed by atoms with Crippen LogP contribution in [0.2, 0.25) is 0 Å². The number of ether oxygens (including phenoxy) is 2. The first kappa shape index (κ1) is 28.7. The van der Waals surface area contributed by atoms with E-state index in [2.05, 4.69) is 30.6 Å². The molecule has 0 aliphatic rings. The first-order valence-corrected chi connectivity index (χ1v) is 7.40. The Morgan fingerprint density at radius 2 is 1.79 bits per heavy atom. The quantitative estimate of drug-likeness (QED) is 0.346. The summed E-state index contributed by atoms with van der Waals surface area (Å²) in [7, 11) is 3.22. The number of thiocarbonyl (C=S) groups is 1. The Morgan fingerprint density at radius 3 is 2.12 bits per heavy atom. The molecule has 1 aromatic rings. The van der Waals surface area contributed by atoms with Gasteiger partial charge in [-0.05, 0) is 18.9 Å². The van der Waals surface area contributed by atoms with E-state index in [0.717, 1.165) is 23.3 Å². The monoisotopic (exact) mass is 376 g/mol. The fraction of sp³-hybridized carbons (Fsp3) is 0.389. The Balaban J connectivity index is -0.000000550. The molecule has 130 valence electrons. The molecule has 0 saturated carbocycles. The number of aryl methyl sites for hydroxylation is 1. The van der Waals surface area contributed by atoms with Gasteiger partial charge in [-0.2, -0.15) is 6.92 Å². The second-order valence-electron chi connectivity index (χ2n) is 4.04. The van der Waals surface area contributed by atoms with Gasteiger partial charge in [-0.3, -0.25) is 0 Å². The smallest absolute Gasteiger partial charge is 0.539 e. The van der Waals surface area contributed by atoms with Crippen molar-refractivity contribution < 1.29 is 70.8 Å². The van der Waals surface area contributed by atoms with Crippen LogP contribution < -0.4 is 60.9 Å². The van der Waals surface area contributed by atoms with Crippen LogP contribution in [0.3, 0.4) is 0 Å². The normalized spacial score (nSPS) is 8.79. The van der Waals surface area contributed by atoms with Crippen LogP contribution in [-0.4, -0.2) is 37.1 Å². The molecule has 6 heteroatoms. The Bertz CT molecular complexity index is 502. The molecule has 0 atom stereocenters. The molecule has 1 rings (SSSR count). The summed E-state index contributed by atoms with van der Waals surface area (Å²) in [4.78, 5) is 10.9. The average molecular weight is 377 g/mol. The summed E-state index contributed by atoms with van der Waals surface area (Å²) in [5.74, 6) is 1.43. The summed E-state index contributed by atoms with van der Waals surface area (Å²) in [5.41, 5.74) is 1.79. The van der Waals surface area contributed by atoms with Gasteiger partial charge in [0, 0.05) is 5.75 Å². The van der Waals surface area contributed by atoms with E-state index >= 15 is 0 Å². The largest absolute Gasteiger partial charge is 1.00 e. The van der Waals surface area contributed by atoms with Gasteiger partial charge in [0.2, 0.25) is 0 Å². The number of aliphatic hydroxyl groups excluding tert-OH is 1. The maximum absolute atomic E-state index is 10.9. The number of carbonyl (C=O) groups excluding carboxylic acids is 1. The molecule has 0 unspecified atom stereocenters. The number of allylic oxidation sites excluding steroid dienone is 1. The molecule has 0 aromatic heterocycles. The maximum Gasteiger partial charge on any atom is 1.00 e. The van der Waals surface area contributed by atoms with Crippen molar-refractivity contribution in [1.82, 2.24) is 0 Å². The molecule has 0 spiro atoms. The topological polar surface area (TPSA) is 55.8 Å². The Morgan fingerprint density at radius 1 is 1.33 bits per heavy atom. The van der Waals surface area contributed by atoms with Gasteiger partial charge >= 0.3 is 51.4 Å². The van der Waals surface area contributed by atoms with E-state index < -0.39 is 0 Å². The number of carbonyl (C=O) groups is 1. The molecule has 4 nitrogen and oxygen atoms in total. The SMILES string of the molecule is CCc1cc(OC)c([C-]=CC(C)=O)cc1OC.C[C-]=S.[CH2-]CO.[K+]. The van der Waals surface area contributed by atoms with Gasteiger partial charge in [-0.1, -0.05) is 25.7 Å². The molecule has 1 N–H and O–H groups in total. The predicted octanol–water partition coefficient (Wildman–Crippen LogP) is 0.262. The van der Waals surface area contributed by atoms with E-state index in [0.29, 0.717) is 5.75 Å². The molecule has 0 aliphatic carbocycles. The van der Waals surface area contributed by atoms with Crippen molar-refractivity contribution in [2.24, 2.45) is 0 Å². The Labute approximate surface area is 194 Å². The summed E-state index contributed by atoms with van der Waals surface area (Å²) in [6.45, 7) is 8.26. The van der Waals surface area contributed by atoms with Crippen molar-refractivity contribution in [3.63, 3.8) is 0 Å². The molecule has 24 heavy (non-hydrogen) atoms. The van der Waals surface area contributed by atoms with E-state index in [9.17, 15) is 4.79 Å². The van der Waals surface area contributed by atoms with Crippen molar-refractivity contribution in [2.45, 2.75) is 27.2 Å². The zero-order chi connectivity index (χ0) is 18.3. The minimum absolute atomic E-state index is 0. The van der Waals surface area contributed by atoms with Crippen LogP contribution in [0.15, 0.2) is 18.2 Å². The van der Waals surface area contributed by atoms with Crippen LogP contribution in [0.4, 0.5) is 0 Å². The van der Waals surface area contributed by atoms with E-state index in [1.807, 2.05) is 19.1 Å². The van der Waals surface area contributed by atoms with Crippen LogP contribution in [0.5, 0.6) is 11.5 Å². The van der Waals surface area contributed by atoms with Crippen molar-refractivity contribution in [1.29, 1.82) is 0 Å². The third-order valence-electron chi connectivity index (χ3n) is 2.41. The Kier molecular flexibility index (Phi) is 23.0. The van der Waals surface area contributed by atoms with Gasteiger partial charge in [-0.25, -0.2) is 0 Å². The van der Waals surface area contributed by atoms with Crippen LogP contribution in [-0.2, 0) is 11.2 Å². The second kappa shape index (κ2) is 19.2. The number of hydrogen-bond donors (Lipinski definition) is 1. The first-order valence-electron chi connectivity index (χ1n) is 6.99. The van der Waals surface area contributed by atoms with Crippen LogP contribution in [0.1, 0.15) is 31.9 Å². The standard InChI is InChI=1S/C14H17O3.C2H5O.C2H3S.K/c1-5-11-8-14(17-4)12(7-6-10(2)15)9-13(11)16-3;2*1-2-3;/h6,8-9H,5H2,1-4H3;3H,1-2H2;1H3;/q3*-1;+1. The molecule has 0 amide bonds. The van der Waals surface area contributed by atoms with Gasteiger partial charge in [-0.15, -0.1) is 17.7 Å². The van der Waals surface area contributed by atoms with Crippen molar-refractivity contribution in [3.05, 3.63) is 42.3 Å². The van der Waals surface area contributed by atoms with E-state index in [-0.39, 0.29) is 63.8 Å². The number of benzene rings is 1. The molecule has 0 radical (unpaired) electrons.